The quantitative estimate of drug-likeness (QED) is 0.749. The lowest BCUT2D eigenvalue weighted by Gasteiger charge is -2.47. The Kier molecular flexibility index (Phi) is 2.81. The van der Waals surface area contributed by atoms with Crippen molar-refractivity contribution in [2.75, 3.05) is 20.6 Å². The molecule has 0 spiro atoms. The molecule has 17 heavy (non-hydrogen) atoms. The largest absolute Gasteiger partial charge is 0.302 e. The molecule has 2 heteroatoms. The number of rotatable bonds is 3. The maximum Gasteiger partial charge on any atom is 0.152 e. The molecule has 4 aliphatic carbocycles. The molecule has 4 aliphatic rings. The minimum Gasteiger partial charge on any atom is -0.302 e. The zero-order valence-corrected chi connectivity index (χ0v) is 11.2. The van der Waals surface area contributed by atoms with Gasteiger partial charge in [0.25, 0.3) is 0 Å². The summed E-state index contributed by atoms with van der Waals surface area (Å²) in [5.74, 6) is 3.16. The molecule has 4 rings (SSSR count). The van der Waals surface area contributed by atoms with E-state index in [1.165, 1.54) is 44.9 Å². The maximum absolute atomic E-state index is 12.6. The van der Waals surface area contributed by atoms with Crippen LogP contribution in [0.5, 0.6) is 0 Å². The van der Waals surface area contributed by atoms with E-state index >= 15 is 0 Å². The monoisotopic (exact) mass is 235 g/mol. The van der Waals surface area contributed by atoms with Crippen LogP contribution in [0.2, 0.25) is 0 Å². The van der Waals surface area contributed by atoms with Crippen molar-refractivity contribution >= 4 is 5.78 Å². The molecule has 0 saturated heterocycles. The van der Waals surface area contributed by atoms with Gasteiger partial charge in [-0.25, -0.2) is 0 Å². The SMILES string of the molecule is CN(C)CC(=O)C12CC3C[C@@H](CC[C@H](C3)C1)C2. The molecule has 0 N–H and O–H groups in total. The molecule has 2 atom stereocenters. The van der Waals surface area contributed by atoms with E-state index in [0.29, 0.717) is 12.3 Å². The molecular formula is C15H25NO. The summed E-state index contributed by atoms with van der Waals surface area (Å²) in [6, 6.07) is 0. The number of hydrogen-bond acceptors (Lipinski definition) is 2. The van der Waals surface area contributed by atoms with Crippen LogP contribution >= 0.6 is 0 Å². The van der Waals surface area contributed by atoms with Gasteiger partial charge in [0.15, 0.2) is 5.78 Å². The molecule has 0 aliphatic heterocycles. The average Bonchev–Trinajstić information content (AvgIpc) is 2.44. The maximum atomic E-state index is 12.6. The Morgan fingerprint density at radius 3 is 2.12 bits per heavy atom. The van der Waals surface area contributed by atoms with E-state index in [2.05, 4.69) is 4.90 Å². The highest BCUT2D eigenvalue weighted by molar-refractivity contribution is 5.87. The van der Waals surface area contributed by atoms with E-state index in [-0.39, 0.29) is 5.41 Å². The smallest absolute Gasteiger partial charge is 0.152 e. The number of hydrogen-bond donors (Lipinski definition) is 0. The summed E-state index contributed by atoms with van der Waals surface area (Å²) in [6.07, 6.45) is 9.29. The summed E-state index contributed by atoms with van der Waals surface area (Å²) in [6.45, 7) is 0.659. The molecule has 0 heterocycles. The second-order valence-corrected chi connectivity index (χ2v) is 7.20. The highest BCUT2D eigenvalue weighted by atomic mass is 16.1. The van der Waals surface area contributed by atoms with Crippen LogP contribution < -0.4 is 0 Å². The molecule has 0 aromatic heterocycles. The Morgan fingerprint density at radius 1 is 1.06 bits per heavy atom. The molecule has 4 bridgehead atoms. The fourth-order valence-electron chi connectivity index (χ4n) is 4.99. The second kappa shape index (κ2) is 4.08. The van der Waals surface area contributed by atoms with E-state index in [0.717, 1.165) is 17.8 Å². The van der Waals surface area contributed by atoms with Gasteiger partial charge in [0.1, 0.15) is 0 Å². The highest BCUT2D eigenvalue weighted by Crippen LogP contribution is 2.58. The summed E-state index contributed by atoms with van der Waals surface area (Å²) in [5.41, 5.74) is 0.0945. The van der Waals surface area contributed by atoms with Crippen molar-refractivity contribution in [3.63, 3.8) is 0 Å². The number of likely N-dealkylation sites (N-methyl/N-ethyl adjacent to an activating group) is 1. The molecule has 96 valence electrons. The Bertz CT molecular complexity index is 307. The zero-order valence-electron chi connectivity index (χ0n) is 11.2. The van der Waals surface area contributed by atoms with Crippen LogP contribution in [-0.4, -0.2) is 31.3 Å². The van der Waals surface area contributed by atoms with Crippen LogP contribution in [0.4, 0.5) is 0 Å². The van der Waals surface area contributed by atoms with Crippen LogP contribution in [0.25, 0.3) is 0 Å². The third-order valence-electron chi connectivity index (χ3n) is 5.41. The van der Waals surface area contributed by atoms with E-state index in [1.54, 1.807) is 0 Å². The Balaban J connectivity index is 1.84. The summed E-state index contributed by atoms with van der Waals surface area (Å²) in [7, 11) is 4.04. The van der Waals surface area contributed by atoms with Crippen molar-refractivity contribution in [3.8, 4) is 0 Å². The number of nitrogens with zero attached hydrogens (tertiary/aromatic N) is 1. The normalized spacial score (nSPS) is 44.1. The van der Waals surface area contributed by atoms with E-state index < -0.39 is 0 Å². The summed E-state index contributed by atoms with van der Waals surface area (Å²) in [5, 5.41) is 0. The van der Waals surface area contributed by atoms with Crippen molar-refractivity contribution in [1.82, 2.24) is 4.90 Å². The fourth-order valence-corrected chi connectivity index (χ4v) is 4.99. The van der Waals surface area contributed by atoms with E-state index in [9.17, 15) is 4.79 Å². The van der Waals surface area contributed by atoms with Crippen molar-refractivity contribution < 1.29 is 4.79 Å². The Labute approximate surface area is 105 Å². The molecule has 0 unspecified atom stereocenters. The van der Waals surface area contributed by atoms with Gasteiger partial charge >= 0.3 is 0 Å². The molecule has 4 fully saturated rings. The van der Waals surface area contributed by atoms with Gasteiger partial charge < -0.3 is 4.90 Å². The van der Waals surface area contributed by atoms with Crippen LogP contribution in [0.15, 0.2) is 0 Å². The third-order valence-corrected chi connectivity index (χ3v) is 5.41. The number of fused-ring (bicyclic) bond motifs is 1. The Hall–Kier alpha value is -0.370. The predicted molar refractivity (Wildman–Crippen MR) is 68.8 cm³/mol. The van der Waals surface area contributed by atoms with Gasteiger partial charge in [0.05, 0.1) is 6.54 Å². The average molecular weight is 235 g/mol. The lowest BCUT2D eigenvalue weighted by molar-refractivity contribution is -0.136. The van der Waals surface area contributed by atoms with Crippen molar-refractivity contribution in [2.45, 2.75) is 44.9 Å². The van der Waals surface area contributed by atoms with Gasteiger partial charge in [0, 0.05) is 5.41 Å². The van der Waals surface area contributed by atoms with Gasteiger partial charge in [-0.15, -0.1) is 0 Å². The summed E-state index contributed by atoms with van der Waals surface area (Å²) in [4.78, 5) is 14.7. The first-order valence-electron chi connectivity index (χ1n) is 7.25. The van der Waals surface area contributed by atoms with Gasteiger partial charge in [-0.3, -0.25) is 4.79 Å². The first kappa shape index (κ1) is 11.7. The molecular weight excluding hydrogens is 210 g/mol. The van der Waals surface area contributed by atoms with Crippen LogP contribution in [0.1, 0.15) is 44.9 Å². The third kappa shape index (κ3) is 2.05. The molecule has 4 saturated carbocycles. The van der Waals surface area contributed by atoms with Crippen LogP contribution in [0, 0.1) is 23.2 Å². The summed E-state index contributed by atoms with van der Waals surface area (Å²) < 4.78 is 0. The highest BCUT2D eigenvalue weighted by Gasteiger charge is 2.51. The van der Waals surface area contributed by atoms with Crippen molar-refractivity contribution in [2.24, 2.45) is 23.2 Å². The number of ketones is 1. The van der Waals surface area contributed by atoms with E-state index in [1.807, 2.05) is 14.1 Å². The molecule has 0 amide bonds. The zero-order chi connectivity index (χ0) is 12.0. The second-order valence-electron chi connectivity index (χ2n) is 7.20. The standard InChI is InChI=1S/C15H25NO/c1-16(2)10-14(17)15-7-11-3-4-12(8-15)6-13(5-11)9-15/h11-13H,3-10H2,1-2H3/t11-,12-,13?,15?/m1/s1. The van der Waals surface area contributed by atoms with Gasteiger partial charge in [-0.05, 0) is 64.0 Å². The first-order valence-corrected chi connectivity index (χ1v) is 7.25. The number of Topliss-reactive ketones (excluding diaryl/α,β-unsaturated/α-hetero) is 1. The predicted octanol–water partition coefficient (Wildman–Crippen LogP) is 2.72. The lowest BCUT2D eigenvalue weighted by atomic mass is 9.57. The summed E-state index contributed by atoms with van der Waals surface area (Å²) >= 11 is 0. The van der Waals surface area contributed by atoms with Crippen molar-refractivity contribution in [3.05, 3.63) is 0 Å². The lowest BCUT2D eigenvalue weighted by Crippen LogP contribution is -2.46. The van der Waals surface area contributed by atoms with Gasteiger partial charge in [0.2, 0.25) is 0 Å². The van der Waals surface area contributed by atoms with E-state index in [4.69, 9.17) is 0 Å². The minimum absolute atomic E-state index is 0.0945. The molecule has 0 aromatic carbocycles. The Morgan fingerprint density at radius 2 is 1.59 bits per heavy atom. The molecule has 0 aromatic rings. The fraction of sp³-hybridized carbons (Fsp3) is 0.933. The molecule has 2 nitrogen and oxygen atoms in total. The van der Waals surface area contributed by atoms with Crippen LogP contribution in [0.3, 0.4) is 0 Å². The van der Waals surface area contributed by atoms with Gasteiger partial charge in [-0.2, -0.15) is 0 Å². The first-order chi connectivity index (χ1) is 8.07. The topological polar surface area (TPSA) is 20.3 Å². The van der Waals surface area contributed by atoms with Gasteiger partial charge in [-0.1, -0.05) is 12.8 Å². The number of carbonyl (C=O) groups is 1. The number of carbonyl (C=O) groups excluding carboxylic acids is 1. The molecule has 0 radical (unpaired) electrons. The minimum atomic E-state index is 0.0945. The van der Waals surface area contributed by atoms with Crippen molar-refractivity contribution in [1.29, 1.82) is 0 Å². The van der Waals surface area contributed by atoms with Crippen LogP contribution in [-0.2, 0) is 4.79 Å².